The van der Waals surface area contributed by atoms with Gasteiger partial charge in [0.1, 0.15) is 11.6 Å². The molecule has 52 heavy (non-hydrogen) atoms. The number of aryl methyl sites for hydroxylation is 1. The van der Waals surface area contributed by atoms with Crippen molar-refractivity contribution in [3.05, 3.63) is 60.0 Å². The van der Waals surface area contributed by atoms with Crippen molar-refractivity contribution in [1.29, 1.82) is 0 Å². The van der Waals surface area contributed by atoms with Crippen LogP contribution in [-0.4, -0.2) is 81.9 Å². The van der Waals surface area contributed by atoms with Crippen LogP contribution in [0.2, 0.25) is 0 Å². The molecule has 1 spiro atoms. The van der Waals surface area contributed by atoms with Crippen LogP contribution >= 0.6 is 0 Å². The van der Waals surface area contributed by atoms with Crippen LogP contribution in [0.4, 0.5) is 21.5 Å². The lowest BCUT2D eigenvalue weighted by atomic mass is 9.57. The van der Waals surface area contributed by atoms with Gasteiger partial charge in [-0.3, -0.25) is 0 Å². The predicted molar refractivity (Wildman–Crippen MR) is 205 cm³/mol. The first-order valence-corrected chi connectivity index (χ1v) is 19.8. The summed E-state index contributed by atoms with van der Waals surface area (Å²) in [5.41, 5.74) is 5.93. The number of para-hydroxylation sites is 1. The minimum absolute atomic E-state index is 0.0788. The van der Waals surface area contributed by atoms with Gasteiger partial charge in [0.05, 0.1) is 22.8 Å². The predicted octanol–water partition coefficient (Wildman–Crippen LogP) is 8.39. The number of halogens is 1. The highest BCUT2D eigenvalue weighted by Crippen LogP contribution is 2.55. The van der Waals surface area contributed by atoms with Crippen LogP contribution < -0.4 is 19.4 Å². The van der Waals surface area contributed by atoms with E-state index in [1.807, 2.05) is 37.3 Å². The average molecular weight is 716 g/mol. The lowest BCUT2D eigenvalue weighted by Crippen LogP contribution is -2.54. The summed E-state index contributed by atoms with van der Waals surface area (Å²) in [5, 5.41) is 9.13. The van der Waals surface area contributed by atoms with E-state index in [2.05, 4.69) is 50.9 Å². The summed E-state index contributed by atoms with van der Waals surface area (Å²) in [5.74, 6) is 1.07. The minimum Gasteiger partial charge on any atom is -0.467 e. The van der Waals surface area contributed by atoms with Crippen LogP contribution in [0.3, 0.4) is 0 Å². The van der Waals surface area contributed by atoms with Gasteiger partial charge in [0.15, 0.2) is 13.1 Å². The highest BCUT2D eigenvalue weighted by atomic mass is 19.1. The van der Waals surface area contributed by atoms with Gasteiger partial charge in [0.2, 0.25) is 0 Å². The van der Waals surface area contributed by atoms with Gasteiger partial charge in [0, 0.05) is 75.8 Å². The second-order valence-electron chi connectivity index (χ2n) is 15.6. The molecule has 1 saturated carbocycles. The number of nitrogens with zero attached hydrogens (tertiary/aromatic N) is 5. The summed E-state index contributed by atoms with van der Waals surface area (Å²) in [4.78, 5) is 7.33. The quantitative estimate of drug-likeness (QED) is 0.107. The van der Waals surface area contributed by atoms with Crippen LogP contribution in [-0.2, 0) is 14.2 Å². The summed E-state index contributed by atoms with van der Waals surface area (Å²) < 4.78 is 39.0. The van der Waals surface area contributed by atoms with E-state index in [1.165, 1.54) is 0 Å². The number of benzene rings is 2. The Labute approximate surface area is 309 Å². The lowest BCUT2D eigenvalue weighted by Gasteiger charge is -2.54. The van der Waals surface area contributed by atoms with Crippen LogP contribution in [0.25, 0.3) is 11.3 Å². The molecule has 4 heterocycles. The van der Waals surface area contributed by atoms with Gasteiger partial charge in [-0.25, -0.2) is 4.39 Å². The molecule has 2 unspecified atom stereocenters. The third kappa shape index (κ3) is 7.90. The van der Waals surface area contributed by atoms with Crippen LogP contribution in [0.15, 0.2) is 48.5 Å². The molecule has 0 amide bonds. The van der Waals surface area contributed by atoms with E-state index in [0.29, 0.717) is 23.4 Å². The molecule has 282 valence electrons. The Morgan fingerprint density at radius 1 is 0.865 bits per heavy atom. The van der Waals surface area contributed by atoms with Crippen LogP contribution in [0.5, 0.6) is 5.75 Å². The molecular weight excluding hydrogens is 657 g/mol. The molecule has 4 fully saturated rings. The summed E-state index contributed by atoms with van der Waals surface area (Å²) >= 11 is 0. The number of rotatable bonds is 16. The minimum atomic E-state index is -0.119. The molecular formula is C42H58FN5O4. The topological polar surface area (TPSA) is 72.4 Å². The molecule has 3 aromatic rings. The molecule has 3 aliphatic heterocycles. The van der Waals surface area contributed by atoms with Gasteiger partial charge < -0.3 is 33.6 Å². The number of piperidine rings is 1. The lowest BCUT2D eigenvalue weighted by molar-refractivity contribution is -0.211. The fraction of sp³-hybridized carbons (Fsp3) is 0.619. The molecule has 2 bridgehead atoms. The van der Waals surface area contributed by atoms with Gasteiger partial charge in [-0.05, 0) is 100 Å². The van der Waals surface area contributed by atoms with Gasteiger partial charge in [-0.2, -0.15) is 5.10 Å². The van der Waals surface area contributed by atoms with Gasteiger partial charge in [0.25, 0.3) is 0 Å². The monoisotopic (exact) mass is 715 g/mol. The van der Waals surface area contributed by atoms with Crippen molar-refractivity contribution in [2.45, 2.75) is 103 Å². The summed E-state index contributed by atoms with van der Waals surface area (Å²) in [6.45, 7) is 11.7. The fourth-order valence-electron chi connectivity index (χ4n) is 9.13. The number of aromatic nitrogens is 2. The number of fused-ring (bicyclic) bond motifs is 2. The maximum absolute atomic E-state index is 15.6. The van der Waals surface area contributed by atoms with Crippen molar-refractivity contribution < 1.29 is 23.3 Å². The maximum Gasteiger partial charge on any atom is 0.188 e. The van der Waals surface area contributed by atoms with Gasteiger partial charge in [-0.1, -0.05) is 38.8 Å². The normalized spacial score (nSPS) is 21.3. The first-order valence-electron chi connectivity index (χ1n) is 19.8. The van der Waals surface area contributed by atoms with E-state index < -0.39 is 0 Å². The molecule has 2 aromatic carbocycles. The molecule has 1 aromatic heterocycles. The third-order valence-corrected chi connectivity index (χ3v) is 12.0. The van der Waals surface area contributed by atoms with Gasteiger partial charge >= 0.3 is 0 Å². The first-order chi connectivity index (χ1) is 25.4. The van der Waals surface area contributed by atoms with Crippen molar-refractivity contribution >= 4 is 17.1 Å². The Kier molecular flexibility index (Phi) is 11.8. The molecule has 7 rings (SSSR count). The van der Waals surface area contributed by atoms with Crippen molar-refractivity contribution in [3.63, 3.8) is 0 Å². The Morgan fingerprint density at radius 3 is 2.23 bits per heavy atom. The van der Waals surface area contributed by atoms with E-state index in [1.54, 1.807) is 13.2 Å². The molecule has 4 aliphatic rings. The van der Waals surface area contributed by atoms with Gasteiger partial charge in [-0.15, -0.1) is 5.10 Å². The van der Waals surface area contributed by atoms with Crippen molar-refractivity contribution in [2.75, 3.05) is 68.0 Å². The standard InChI is InChI=1S/C42H58FN5O4/c1-5-7-21-50-41(51-22-8-6-2)31-25-42(26-31)17-19-46(20-18-42)39-23-32(15-16-36(39)43)48-33-13-14-34(48)28-47(27-33)38-24-37(45-44-30(38)3)35-11-9-10-12-40(35)52-29-49-4/h9-12,15-16,23-24,31,33-34,41H,5-8,13-14,17-22,25-29H2,1-4H3. The summed E-state index contributed by atoms with van der Waals surface area (Å²) in [6.07, 6.45) is 11.1. The summed E-state index contributed by atoms with van der Waals surface area (Å²) in [7, 11) is 1.62. The molecule has 1 aliphatic carbocycles. The molecule has 0 N–H and O–H groups in total. The van der Waals surface area contributed by atoms with E-state index in [0.717, 1.165) is 143 Å². The molecule has 9 nitrogen and oxygen atoms in total. The molecule has 3 saturated heterocycles. The number of ether oxygens (including phenoxy) is 4. The maximum atomic E-state index is 15.6. The fourth-order valence-corrected chi connectivity index (χ4v) is 9.13. The van der Waals surface area contributed by atoms with E-state index in [-0.39, 0.29) is 18.9 Å². The molecule has 2 atom stereocenters. The zero-order valence-corrected chi connectivity index (χ0v) is 31.7. The number of hydrogen-bond acceptors (Lipinski definition) is 9. The smallest absolute Gasteiger partial charge is 0.188 e. The molecule has 10 heteroatoms. The number of anilines is 3. The summed E-state index contributed by atoms with van der Waals surface area (Å²) in [6, 6.07) is 16.5. The number of unbranched alkanes of at least 4 members (excludes halogenated alkanes) is 2. The van der Waals surface area contributed by atoms with Crippen LogP contribution in [0, 0.1) is 24.1 Å². The van der Waals surface area contributed by atoms with Crippen molar-refractivity contribution in [1.82, 2.24) is 10.2 Å². The highest BCUT2D eigenvalue weighted by molar-refractivity contribution is 5.71. The highest BCUT2D eigenvalue weighted by Gasteiger charge is 2.49. The molecule has 0 radical (unpaired) electrons. The largest absolute Gasteiger partial charge is 0.467 e. The van der Waals surface area contributed by atoms with E-state index in [9.17, 15) is 0 Å². The Balaban J connectivity index is 0.995. The zero-order chi connectivity index (χ0) is 36.1. The van der Waals surface area contributed by atoms with E-state index in [4.69, 9.17) is 18.9 Å². The second kappa shape index (κ2) is 16.7. The third-order valence-electron chi connectivity index (χ3n) is 12.0. The second-order valence-corrected chi connectivity index (χ2v) is 15.6. The van der Waals surface area contributed by atoms with E-state index >= 15 is 4.39 Å². The Hall–Kier alpha value is -3.47. The Bertz CT molecular complexity index is 1600. The van der Waals surface area contributed by atoms with Crippen molar-refractivity contribution in [3.8, 4) is 17.0 Å². The number of piperazine rings is 1. The number of methoxy groups -OCH3 is 1. The first kappa shape index (κ1) is 36.9. The van der Waals surface area contributed by atoms with Crippen molar-refractivity contribution in [2.24, 2.45) is 11.3 Å². The van der Waals surface area contributed by atoms with Crippen LogP contribution in [0.1, 0.15) is 83.7 Å². The number of hydrogen-bond donors (Lipinski definition) is 0. The average Bonchev–Trinajstić information content (AvgIpc) is 3.41. The zero-order valence-electron chi connectivity index (χ0n) is 31.7. The Morgan fingerprint density at radius 2 is 1.56 bits per heavy atom. The SMILES string of the molecule is CCCCOC(OCCCC)C1CC2(CCN(c3cc(N4C5CCC4CN(c4cc(-c6ccccc6OCOC)nnc4C)C5)ccc3F)CC2)C1.